The van der Waals surface area contributed by atoms with Crippen LogP contribution in [0.2, 0.25) is 0 Å². The number of ether oxygens (including phenoxy) is 6. The van der Waals surface area contributed by atoms with E-state index in [1.54, 1.807) is 6.92 Å². The van der Waals surface area contributed by atoms with E-state index < -0.39 is 190 Å². The van der Waals surface area contributed by atoms with E-state index >= 15 is 0 Å². The van der Waals surface area contributed by atoms with Gasteiger partial charge in [0.15, 0.2) is 63.3 Å². The number of aromatic nitrogens is 16. The lowest BCUT2D eigenvalue weighted by atomic mass is 10.0. The zero-order chi connectivity index (χ0) is 66.8. The molecule has 14 rings (SSSR count). The second-order valence-electron chi connectivity index (χ2n) is 21.9. The van der Waals surface area contributed by atoms with Gasteiger partial charge in [-0.25, -0.2) is 29.1 Å². The van der Waals surface area contributed by atoms with E-state index in [9.17, 15) is 62.1 Å². The van der Waals surface area contributed by atoms with Crippen LogP contribution in [0.15, 0.2) is 44.5 Å². The Bertz CT molecular complexity index is 4420. The Labute approximate surface area is 519 Å². The van der Waals surface area contributed by atoms with E-state index in [0.29, 0.717) is 0 Å². The molecule has 14 heterocycles. The molecule has 6 fully saturated rings. The van der Waals surface area contributed by atoms with Crippen LogP contribution in [-0.2, 0) is 73.8 Å². The Hall–Kier alpha value is -7.24. The van der Waals surface area contributed by atoms with Crippen molar-refractivity contribution in [2.45, 2.75) is 98.9 Å². The van der Waals surface area contributed by atoms with Crippen molar-refractivity contribution in [3.63, 3.8) is 0 Å². The van der Waals surface area contributed by atoms with Crippen molar-refractivity contribution < 1.29 is 98.5 Å². The Balaban J connectivity index is 0.000000171. The smallest absolute Gasteiger partial charge is 0.386 e. The average molecular weight is 1400 g/mol. The minimum absolute atomic E-state index is 0.00709. The Morgan fingerprint density at radius 3 is 1.14 bits per heavy atom. The number of nitrogens with two attached hydrogens (primary N) is 6. The van der Waals surface area contributed by atoms with E-state index in [1.807, 2.05) is 0 Å². The monoisotopic (exact) mass is 1400 g/mol. The van der Waals surface area contributed by atoms with Gasteiger partial charge in [-0.15, -0.1) is 0 Å². The molecule has 20 atom stereocenters. The van der Waals surface area contributed by atoms with Crippen LogP contribution < -0.4 is 56.6 Å². The molecule has 21 N–H and O–H groups in total. The molecule has 8 aromatic rings. The van der Waals surface area contributed by atoms with Gasteiger partial charge in [0.05, 0.1) is 69.9 Å². The number of nitrogen functional groups attached to an aromatic ring is 4. The van der Waals surface area contributed by atoms with Gasteiger partial charge >= 0.3 is 30.8 Å². The highest BCUT2D eigenvalue weighted by atomic mass is 31.2. The molecule has 0 amide bonds. The van der Waals surface area contributed by atoms with Gasteiger partial charge < -0.3 is 96.6 Å². The highest BCUT2D eigenvalue weighted by molar-refractivity contribution is 7.52. The van der Waals surface area contributed by atoms with Crippen LogP contribution >= 0.6 is 30.8 Å². The van der Waals surface area contributed by atoms with Crippen LogP contribution in [0.3, 0.4) is 0 Å². The molecule has 0 spiro atoms. The molecule has 47 nitrogen and oxygen atoms in total. The van der Waals surface area contributed by atoms with Crippen molar-refractivity contribution in [2.24, 2.45) is 17.4 Å². The molecule has 94 heavy (non-hydrogen) atoms. The minimum atomic E-state index is -5.03. The highest BCUT2D eigenvalue weighted by Crippen LogP contribution is 2.54. The molecule has 508 valence electrons. The van der Waals surface area contributed by atoms with Crippen LogP contribution in [0.5, 0.6) is 0 Å². The Morgan fingerprint density at radius 1 is 0.457 bits per heavy atom. The lowest BCUT2D eigenvalue weighted by molar-refractivity contribution is -0.0584. The van der Waals surface area contributed by atoms with Crippen LogP contribution in [-0.4, -0.2) is 209 Å². The summed E-state index contributed by atoms with van der Waals surface area (Å²) in [5.41, 5.74) is 32.6. The summed E-state index contributed by atoms with van der Waals surface area (Å²) in [4.78, 5) is 133. The van der Waals surface area contributed by atoms with Crippen LogP contribution in [0.1, 0.15) is 31.8 Å². The number of hydrogen-bond acceptors (Lipinski definition) is 35. The fraction of sp³-hybridized carbons (Fsp3) is 0.535. The third-order valence-electron chi connectivity index (χ3n) is 15.7. The fourth-order valence-corrected chi connectivity index (χ4v) is 15.1. The molecule has 0 radical (unpaired) electrons. The molecule has 8 aromatic heterocycles. The first kappa shape index (κ1) is 65.4. The largest absolute Gasteiger partial charge is 0.472 e. The summed E-state index contributed by atoms with van der Waals surface area (Å²) in [6.07, 6.45) is -13.9. The third kappa shape index (κ3) is 12.4. The van der Waals surface area contributed by atoms with Crippen LogP contribution in [0.25, 0.3) is 44.7 Å². The van der Waals surface area contributed by atoms with Crippen molar-refractivity contribution in [1.82, 2.24) is 78.1 Å². The summed E-state index contributed by atoms with van der Waals surface area (Å²) in [5.74, 6) is -1.49. The molecular formula is C43H56N22O25P4. The van der Waals surface area contributed by atoms with Crippen molar-refractivity contribution >= 4 is 99.3 Å². The second-order valence-corrected chi connectivity index (χ2v) is 28.3. The predicted molar refractivity (Wildman–Crippen MR) is 309 cm³/mol. The standard InChI is InChI=1S/C22H29N11O12P2.C21H27N11O13P2/c1-7-13-8(43-19(7)32-4-26-11-15(32)28-21(24)30-17(11)34)3-42-47(38,39)45-14-9(2-41-46(36,37)6-40-13)44-20(10(14)23)33-5-27-12-16(33)29-22(25)31-18(12)35;22-8-12-6(43-18(8)31-3-25-9-14(31)27-20(23)29-16(9)34)1-41-46(36,37)5-40-13-7(2-42-47(38,39)45-12)44-19(11(13)33)32-4-26-10-15(32)28-21(24)30-17(10)35/h4-5,7-10,13-14,19-20H,2-3,6,23H2,1H3,(H,36,37)(H,38,39)(H3,24,28,30,34)(H3,25,29,31,35);3-4,6-8,11-13,18-19,33H,1-2,5,22H2,(H,36,37)(H,38,39)(H3,23,27,29,34)(H3,24,28,30,35)/t7-,8-,9-,10-,13+,14-,19-,20?;6-,7-,8-,11-,12-,13-,18?,19-/m11/s1. The molecule has 0 aliphatic carbocycles. The molecule has 6 aliphatic rings. The molecule has 0 bridgehead atoms. The number of aromatic amines is 4. The number of hydrogen-bond donors (Lipinski definition) is 15. The maximum atomic E-state index is 13.3. The minimum Gasteiger partial charge on any atom is -0.386 e. The summed E-state index contributed by atoms with van der Waals surface area (Å²) in [7, 11) is -19.1. The number of aliphatic hydroxyl groups excluding tert-OH is 1. The number of rotatable bonds is 4. The number of imidazole rings is 4. The topological polar surface area (TPSA) is 691 Å². The summed E-state index contributed by atoms with van der Waals surface area (Å²) in [6.45, 7) is -0.997. The summed E-state index contributed by atoms with van der Waals surface area (Å²) < 4.78 is 125. The van der Waals surface area contributed by atoms with Gasteiger partial charge in [-0.05, 0) is 0 Å². The van der Waals surface area contributed by atoms with Gasteiger partial charge in [0.1, 0.15) is 67.8 Å². The average Bonchev–Trinajstić information content (AvgIpc) is 1.63. The number of phosphoric ester groups is 2. The van der Waals surface area contributed by atoms with Crippen LogP contribution in [0, 0.1) is 5.92 Å². The summed E-state index contributed by atoms with van der Waals surface area (Å²) in [5, 5.41) is 11.2. The summed E-state index contributed by atoms with van der Waals surface area (Å²) >= 11 is 0. The van der Waals surface area contributed by atoms with Crippen molar-refractivity contribution in [3.8, 4) is 0 Å². The van der Waals surface area contributed by atoms with E-state index in [0.717, 1.165) is 6.33 Å². The van der Waals surface area contributed by atoms with Gasteiger partial charge in [-0.1, -0.05) is 6.92 Å². The predicted octanol–water partition coefficient (Wildman–Crippen LogP) is -4.80. The zero-order valence-corrected chi connectivity index (χ0v) is 51.4. The van der Waals surface area contributed by atoms with E-state index in [2.05, 4.69) is 59.8 Å². The number of nitrogens with zero attached hydrogens (tertiary/aromatic N) is 12. The van der Waals surface area contributed by atoms with Crippen molar-refractivity contribution in [3.05, 3.63) is 66.7 Å². The Kier molecular flexibility index (Phi) is 17.0. The number of aliphatic hydroxyl groups is 1. The number of anilines is 4. The lowest BCUT2D eigenvalue weighted by Crippen LogP contribution is -2.41. The summed E-state index contributed by atoms with van der Waals surface area (Å²) in [6, 6.07) is -2.53. The molecule has 0 aromatic carbocycles. The van der Waals surface area contributed by atoms with E-state index in [4.69, 9.17) is 90.0 Å². The number of nitrogens with one attached hydrogen (secondary N) is 4. The van der Waals surface area contributed by atoms with Gasteiger partial charge in [0.25, 0.3) is 22.2 Å². The Morgan fingerprint density at radius 2 is 0.755 bits per heavy atom. The molecule has 6 saturated heterocycles. The molecule has 51 heteroatoms. The van der Waals surface area contributed by atoms with Crippen molar-refractivity contribution in [2.75, 3.05) is 62.1 Å². The molecule has 6 aliphatic heterocycles. The first-order valence-electron chi connectivity index (χ1n) is 27.6. The zero-order valence-electron chi connectivity index (χ0n) is 47.8. The van der Waals surface area contributed by atoms with E-state index in [1.165, 1.54) is 37.3 Å². The number of H-pyrrole nitrogens is 4. The third-order valence-corrected chi connectivity index (χ3v) is 19.7. The normalized spacial score (nSPS) is 36.9. The second kappa shape index (κ2) is 24.4. The fourth-order valence-electron chi connectivity index (χ4n) is 11.5. The van der Waals surface area contributed by atoms with Gasteiger partial charge in [0.2, 0.25) is 23.8 Å². The highest BCUT2D eigenvalue weighted by Gasteiger charge is 2.54. The molecule has 6 unspecified atom stereocenters. The number of phosphoric acid groups is 2. The maximum Gasteiger partial charge on any atom is 0.472 e. The first-order chi connectivity index (χ1) is 44.4. The van der Waals surface area contributed by atoms with Crippen LogP contribution in [0.4, 0.5) is 23.8 Å². The van der Waals surface area contributed by atoms with Crippen molar-refractivity contribution in [1.29, 1.82) is 0 Å². The SMILES string of the molecule is C[C@@H]1[C@@H]2OCP(=O)(O)OC[C@H]3OC(n4cnc5c(=O)[nH]c(N)nc54)[C@H](N)[C@@H]3OP(=O)(O)OC[C@H]2O[C@H]1n1cnc2c(=O)[nH]c(N)nc21.Nc1nc2c(ncn2C2O[C@@H]3COP(=O)(O)CO[C@H]4[C@@H](O)[C@H](n5cnc6c(=O)[nH]c(N)nc65)O[C@@H]4COP(=O)(O)O[C@H]3[C@H]2N)c(=O)[nH]1. The maximum absolute atomic E-state index is 13.3. The molecule has 0 saturated carbocycles. The van der Waals surface area contributed by atoms with E-state index in [-0.39, 0.29) is 68.4 Å². The quantitative estimate of drug-likeness (QED) is 0.0735. The molecular weight excluding hydrogens is 1350 g/mol. The number of fused-ring (bicyclic) bond motifs is 8. The van der Waals surface area contributed by atoms with Gasteiger partial charge in [-0.3, -0.25) is 84.6 Å². The van der Waals surface area contributed by atoms with Gasteiger partial charge in [-0.2, -0.15) is 19.9 Å². The lowest BCUT2D eigenvalue weighted by Gasteiger charge is -2.24. The van der Waals surface area contributed by atoms with Gasteiger partial charge in [0, 0.05) is 5.92 Å². The first-order valence-corrected chi connectivity index (χ1v) is 34.1.